The molecule has 0 aromatic carbocycles. The quantitative estimate of drug-likeness (QED) is 0.770. The highest BCUT2D eigenvalue weighted by Gasteiger charge is 2.51. The molecule has 1 N–H and O–H groups in total. The van der Waals surface area contributed by atoms with Gasteiger partial charge in [-0.25, -0.2) is 0 Å². The smallest absolute Gasteiger partial charge is 0.0587 e. The molecule has 1 heterocycles. The third-order valence-electron chi connectivity index (χ3n) is 3.59. The van der Waals surface area contributed by atoms with Gasteiger partial charge in [-0.2, -0.15) is 0 Å². The molecule has 1 aliphatic carbocycles. The summed E-state index contributed by atoms with van der Waals surface area (Å²) in [5.41, 5.74) is 0.443. The third kappa shape index (κ3) is 2.47. The molecule has 16 heavy (non-hydrogen) atoms. The zero-order chi connectivity index (χ0) is 11.6. The van der Waals surface area contributed by atoms with E-state index in [1.54, 1.807) is 12.0 Å². The lowest BCUT2D eigenvalue weighted by Crippen LogP contribution is -2.23. The molecule has 1 aromatic rings. The molecule has 2 nitrogen and oxygen atoms in total. The first-order valence-electron chi connectivity index (χ1n) is 5.93. The second-order valence-electron chi connectivity index (χ2n) is 4.93. The molecular weight excluding hydrogens is 218 g/mol. The van der Waals surface area contributed by atoms with Crippen molar-refractivity contribution >= 4 is 11.3 Å². The van der Waals surface area contributed by atoms with Crippen LogP contribution in [0.15, 0.2) is 12.1 Å². The van der Waals surface area contributed by atoms with Crippen molar-refractivity contribution in [2.45, 2.75) is 25.7 Å². The van der Waals surface area contributed by atoms with Gasteiger partial charge >= 0.3 is 0 Å². The molecule has 0 amide bonds. The lowest BCUT2D eigenvalue weighted by Gasteiger charge is -2.09. The summed E-state index contributed by atoms with van der Waals surface area (Å²) in [5.74, 6) is 0.808. The molecule has 1 aliphatic rings. The molecular formula is C13H21NOS. The maximum absolute atomic E-state index is 5.02. The first kappa shape index (κ1) is 12.1. The van der Waals surface area contributed by atoms with Gasteiger partial charge in [0.1, 0.15) is 0 Å². The molecule has 1 saturated carbocycles. The maximum Gasteiger partial charge on any atom is 0.0587 e. The molecule has 90 valence electrons. The van der Waals surface area contributed by atoms with Crippen LogP contribution in [0.2, 0.25) is 0 Å². The van der Waals surface area contributed by atoms with E-state index in [9.17, 15) is 0 Å². The van der Waals surface area contributed by atoms with E-state index in [4.69, 9.17) is 4.74 Å². The summed E-state index contributed by atoms with van der Waals surface area (Å²) >= 11 is 1.95. The SMILES string of the molecule is COCCNCC1CC1(C)c1ccc(C)s1. The minimum absolute atomic E-state index is 0.443. The van der Waals surface area contributed by atoms with Crippen LogP contribution in [0.25, 0.3) is 0 Å². The van der Waals surface area contributed by atoms with Crippen LogP contribution in [-0.4, -0.2) is 26.8 Å². The number of methoxy groups -OCH3 is 1. The summed E-state index contributed by atoms with van der Waals surface area (Å²) in [6, 6.07) is 4.54. The first-order valence-corrected chi connectivity index (χ1v) is 6.75. The van der Waals surface area contributed by atoms with Crippen molar-refractivity contribution in [2.24, 2.45) is 5.92 Å². The van der Waals surface area contributed by atoms with Gasteiger partial charge in [0.15, 0.2) is 0 Å². The zero-order valence-electron chi connectivity index (χ0n) is 10.4. The van der Waals surface area contributed by atoms with E-state index in [-0.39, 0.29) is 0 Å². The molecule has 0 bridgehead atoms. The highest BCUT2D eigenvalue weighted by molar-refractivity contribution is 7.12. The van der Waals surface area contributed by atoms with Crippen molar-refractivity contribution in [3.05, 3.63) is 21.9 Å². The Kier molecular flexibility index (Phi) is 3.67. The normalized spacial score (nSPS) is 28.3. The Labute approximate surface area is 102 Å². The van der Waals surface area contributed by atoms with E-state index < -0.39 is 0 Å². The van der Waals surface area contributed by atoms with Crippen LogP contribution in [0.3, 0.4) is 0 Å². The fourth-order valence-electron chi connectivity index (χ4n) is 2.24. The van der Waals surface area contributed by atoms with Gasteiger partial charge in [-0.1, -0.05) is 6.92 Å². The van der Waals surface area contributed by atoms with Gasteiger partial charge in [0, 0.05) is 28.8 Å². The van der Waals surface area contributed by atoms with Crippen LogP contribution in [0.5, 0.6) is 0 Å². The second-order valence-corrected chi connectivity index (χ2v) is 6.21. The van der Waals surface area contributed by atoms with Gasteiger partial charge in [0.05, 0.1) is 6.61 Å². The van der Waals surface area contributed by atoms with Crippen LogP contribution in [-0.2, 0) is 10.2 Å². The van der Waals surface area contributed by atoms with E-state index >= 15 is 0 Å². The maximum atomic E-state index is 5.02. The van der Waals surface area contributed by atoms with Crippen LogP contribution >= 0.6 is 11.3 Å². The molecule has 0 spiro atoms. The van der Waals surface area contributed by atoms with E-state index in [0.29, 0.717) is 5.41 Å². The van der Waals surface area contributed by atoms with E-state index in [1.165, 1.54) is 11.3 Å². The Morgan fingerprint density at radius 2 is 2.38 bits per heavy atom. The number of rotatable bonds is 6. The fraction of sp³-hybridized carbons (Fsp3) is 0.692. The van der Waals surface area contributed by atoms with Gasteiger partial charge in [-0.15, -0.1) is 11.3 Å². The van der Waals surface area contributed by atoms with Crippen molar-refractivity contribution in [1.29, 1.82) is 0 Å². The fourth-order valence-corrected chi connectivity index (χ4v) is 3.35. The molecule has 2 rings (SSSR count). The Bertz CT molecular complexity index is 349. The molecule has 3 heteroatoms. The van der Waals surface area contributed by atoms with Gasteiger partial charge < -0.3 is 10.1 Å². The summed E-state index contributed by atoms with van der Waals surface area (Å²) < 4.78 is 5.02. The predicted octanol–water partition coefficient (Wildman–Crippen LogP) is 2.57. The highest BCUT2D eigenvalue weighted by atomic mass is 32.1. The topological polar surface area (TPSA) is 21.3 Å². The van der Waals surface area contributed by atoms with Crippen molar-refractivity contribution in [3.63, 3.8) is 0 Å². The number of aryl methyl sites for hydroxylation is 1. The highest BCUT2D eigenvalue weighted by Crippen LogP contribution is 2.55. The van der Waals surface area contributed by atoms with Gasteiger partial charge in [-0.3, -0.25) is 0 Å². The van der Waals surface area contributed by atoms with Crippen LogP contribution in [0, 0.1) is 12.8 Å². The summed E-state index contributed by atoms with van der Waals surface area (Å²) in [6.45, 7) is 7.47. The Balaban J connectivity index is 1.80. The number of thiophene rings is 1. The predicted molar refractivity (Wildman–Crippen MR) is 69.3 cm³/mol. The molecule has 0 radical (unpaired) electrons. The van der Waals surface area contributed by atoms with E-state index in [1.807, 2.05) is 11.3 Å². The lowest BCUT2D eigenvalue weighted by atomic mass is 10.0. The van der Waals surface area contributed by atoms with Crippen molar-refractivity contribution in [3.8, 4) is 0 Å². The number of hydrogen-bond acceptors (Lipinski definition) is 3. The van der Waals surface area contributed by atoms with Crippen molar-refractivity contribution in [2.75, 3.05) is 26.8 Å². The summed E-state index contributed by atoms with van der Waals surface area (Å²) in [6.07, 6.45) is 1.33. The molecule has 0 saturated heterocycles. The van der Waals surface area contributed by atoms with Gasteiger partial charge in [-0.05, 0) is 37.9 Å². The average molecular weight is 239 g/mol. The van der Waals surface area contributed by atoms with Crippen molar-refractivity contribution in [1.82, 2.24) is 5.32 Å². The molecule has 0 aliphatic heterocycles. The van der Waals surface area contributed by atoms with Crippen molar-refractivity contribution < 1.29 is 4.74 Å². The minimum atomic E-state index is 0.443. The Hall–Kier alpha value is -0.380. The Morgan fingerprint density at radius 1 is 1.56 bits per heavy atom. The van der Waals surface area contributed by atoms with E-state index in [0.717, 1.165) is 25.6 Å². The molecule has 1 aromatic heterocycles. The molecule has 2 atom stereocenters. The number of hydrogen-bond donors (Lipinski definition) is 1. The van der Waals surface area contributed by atoms with Gasteiger partial charge in [0.25, 0.3) is 0 Å². The minimum Gasteiger partial charge on any atom is -0.383 e. The summed E-state index contributed by atoms with van der Waals surface area (Å²) in [4.78, 5) is 2.98. The molecule has 2 unspecified atom stereocenters. The van der Waals surface area contributed by atoms with E-state index in [2.05, 4.69) is 31.3 Å². The zero-order valence-corrected chi connectivity index (χ0v) is 11.2. The first-order chi connectivity index (χ1) is 7.66. The Morgan fingerprint density at radius 3 is 3.00 bits per heavy atom. The lowest BCUT2D eigenvalue weighted by molar-refractivity contribution is 0.199. The van der Waals surface area contributed by atoms with Crippen LogP contribution < -0.4 is 5.32 Å². The largest absolute Gasteiger partial charge is 0.383 e. The average Bonchev–Trinajstić information content (AvgIpc) is 2.71. The third-order valence-corrected chi connectivity index (χ3v) is 4.87. The van der Waals surface area contributed by atoms with Crippen LogP contribution in [0.4, 0.5) is 0 Å². The molecule has 1 fully saturated rings. The van der Waals surface area contributed by atoms with Gasteiger partial charge in [0.2, 0.25) is 0 Å². The second kappa shape index (κ2) is 4.86. The van der Waals surface area contributed by atoms with Crippen LogP contribution in [0.1, 0.15) is 23.1 Å². The monoisotopic (exact) mass is 239 g/mol. The summed E-state index contributed by atoms with van der Waals surface area (Å²) in [7, 11) is 1.75. The number of nitrogens with one attached hydrogen (secondary N) is 1. The summed E-state index contributed by atoms with van der Waals surface area (Å²) in [5, 5.41) is 3.46. The number of ether oxygens (including phenoxy) is 1. The standard InChI is InChI=1S/C13H21NOS/c1-10-4-5-12(16-10)13(2)8-11(13)9-14-6-7-15-3/h4-5,11,14H,6-9H2,1-3H3.